The van der Waals surface area contributed by atoms with Crippen LogP contribution in [-0.2, 0) is 10.0 Å². The number of nitriles is 1. The highest BCUT2D eigenvalue weighted by molar-refractivity contribution is 7.89. The van der Waals surface area contributed by atoms with Gasteiger partial charge in [-0.1, -0.05) is 31.5 Å². The second-order valence-corrected chi connectivity index (χ2v) is 9.58. The predicted molar refractivity (Wildman–Crippen MR) is 131 cm³/mol. The minimum atomic E-state index is -3.76. The highest BCUT2D eigenvalue weighted by Gasteiger charge is 2.15. The van der Waals surface area contributed by atoms with Gasteiger partial charge in [-0.15, -0.1) is 0 Å². The summed E-state index contributed by atoms with van der Waals surface area (Å²) in [6, 6.07) is 22.9. The topological polar surface area (TPSA) is 101 Å². The molecule has 0 unspecified atom stereocenters. The van der Waals surface area contributed by atoms with Crippen LogP contribution >= 0.6 is 0 Å². The molecule has 0 amide bonds. The predicted octanol–water partition coefficient (Wildman–Crippen LogP) is 4.66. The van der Waals surface area contributed by atoms with Crippen LogP contribution in [0, 0.1) is 24.2 Å². The molecule has 3 aromatic carbocycles. The van der Waals surface area contributed by atoms with Crippen molar-refractivity contribution in [3.8, 4) is 17.6 Å². The summed E-state index contributed by atoms with van der Waals surface area (Å²) >= 11 is 0. The van der Waals surface area contributed by atoms with E-state index in [2.05, 4.69) is 16.0 Å². The molecule has 0 heterocycles. The van der Waals surface area contributed by atoms with Crippen LogP contribution in [0.5, 0.6) is 11.5 Å². The highest BCUT2D eigenvalue weighted by atomic mass is 32.2. The molecule has 3 rings (SSSR count). The molecule has 176 valence electrons. The van der Waals surface area contributed by atoms with E-state index in [-0.39, 0.29) is 10.8 Å². The van der Waals surface area contributed by atoms with E-state index in [9.17, 15) is 8.42 Å². The molecule has 7 nitrogen and oxygen atoms in total. The number of ether oxygens (including phenoxy) is 2. The number of hydrogen-bond acceptors (Lipinski definition) is 6. The van der Waals surface area contributed by atoms with Crippen LogP contribution in [-0.4, -0.2) is 27.3 Å². The van der Waals surface area contributed by atoms with Crippen LogP contribution in [0.2, 0.25) is 0 Å². The molecule has 0 radical (unpaired) electrons. The van der Waals surface area contributed by atoms with E-state index in [4.69, 9.17) is 14.7 Å². The summed E-state index contributed by atoms with van der Waals surface area (Å²) in [5.41, 5.74) is 2.97. The average Bonchev–Trinajstić information content (AvgIpc) is 2.83. The van der Waals surface area contributed by atoms with E-state index < -0.39 is 10.0 Å². The van der Waals surface area contributed by atoms with E-state index in [0.29, 0.717) is 36.0 Å². The lowest BCUT2D eigenvalue weighted by Crippen LogP contribution is -2.22. The largest absolute Gasteiger partial charge is 0.490 e. The Bertz CT molecular complexity index is 1260. The summed E-state index contributed by atoms with van der Waals surface area (Å²) in [5.74, 6) is 1.33. The molecule has 0 spiro atoms. The summed E-state index contributed by atoms with van der Waals surface area (Å²) in [5, 5.41) is 13.0. The standard InChI is InChI=1S/C26H27N3O4S/c1-19(2)26(28-29-34(30,31)25-14-4-20(3)5-15-25)22-8-12-24(13-9-22)33-17-16-32-23-10-6-21(18-27)7-11-23/h4-15,19,29H,16-17H2,1-3H3/b28-26-. The van der Waals surface area contributed by atoms with Gasteiger partial charge in [0.05, 0.1) is 22.2 Å². The van der Waals surface area contributed by atoms with Crippen molar-refractivity contribution in [1.29, 1.82) is 5.26 Å². The molecule has 0 aliphatic heterocycles. The Hall–Kier alpha value is -3.83. The zero-order valence-corrected chi connectivity index (χ0v) is 20.2. The van der Waals surface area contributed by atoms with Crippen molar-refractivity contribution in [2.75, 3.05) is 13.2 Å². The SMILES string of the molecule is Cc1ccc(S(=O)(=O)N/N=C(\c2ccc(OCCOc3ccc(C#N)cc3)cc2)C(C)C)cc1. The van der Waals surface area contributed by atoms with Gasteiger partial charge in [0.2, 0.25) is 0 Å². The number of hydrogen-bond donors (Lipinski definition) is 1. The van der Waals surface area contributed by atoms with Gasteiger partial charge in [0.1, 0.15) is 24.7 Å². The normalized spacial score (nSPS) is 11.7. The zero-order valence-electron chi connectivity index (χ0n) is 19.4. The van der Waals surface area contributed by atoms with Crippen LogP contribution in [0.25, 0.3) is 0 Å². The Morgan fingerprint density at radius 2 is 1.44 bits per heavy atom. The second-order valence-electron chi connectivity index (χ2n) is 7.92. The lowest BCUT2D eigenvalue weighted by molar-refractivity contribution is 0.217. The van der Waals surface area contributed by atoms with Crippen LogP contribution in [0.1, 0.15) is 30.5 Å². The summed E-state index contributed by atoms with van der Waals surface area (Å²) < 4.78 is 36.5. The molecule has 0 aromatic heterocycles. The zero-order chi connectivity index (χ0) is 24.6. The fraction of sp³-hybridized carbons (Fsp3) is 0.231. The van der Waals surface area contributed by atoms with E-state index in [1.165, 1.54) is 0 Å². The maximum absolute atomic E-state index is 12.6. The molecule has 34 heavy (non-hydrogen) atoms. The van der Waals surface area contributed by atoms with Crippen molar-refractivity contribution in [3.63, 3.8) is 0 Å². The monoisotopic (exact) mass is 477 g/mol. The van der Waals surface area contributed by atoms with Crippen molar-refractivity contribution in [2.45, 2.75) is 25.7 Å². The summed E-state index contributed by atoms with van der Waals surface area (Å²) in [7, 11) is -3.76. The van der Waals surface area contributed by atoms with E-state index in [1.54, 1.807) is 48.5 Å². The Labute approximate surface area is 200 Å². The molecule has 0 saturated heterocycles. The molecule has 0 atom stereocenters. The van der Waals surface area contributed by atoms with Crippen molar-refractivity contribution in [1.82, 2.24) is 4.83 Å². The fourth-order valence-corrected chi connectivity index (χ4v) is 3.89. The Kier molecular flexibility index (Phi) is 8.28. The van der Waals surface area contributed by atoms with Gasteiger partial charge in [0.25, 0.3) is 10.0 Å². The smallest absolute Gasteiger partial charge is 0.276 e. The third-order valence-corrected chi connectivity index (χ3v) is 6.14. The first-order valence-electron chi connectivity index (χ1n) is 10.8. The van der Waals surface area contributed by atoms with Crippen molar-refractivity contribution < 1.29 is 17.9 Å². The molecule has 0 fully saturated rings. The molecule has 1 N–H and O–H groups in total. The van der Waals surface area contributed by atoms with Gasteiger partial charge in [-0.05, 0) is 79.1 Å². The Balaban J connectivity index is 1.59. The number of hydrazone groups is 1. The lowest BCUT2D eigenvalue weighted by atomic mass is 10.0. The molecular formula is C26H27N3O4S. The molecule has 0 aliphatic carbocycles. The molecule has 8 heteroatoms. The molecule has 0 bridgehead atoms. The number of nitrogens with one attached hydrogen (secondary N) is 1. The first-order valence-corrected chi connectivity index (χ1v) is 12.3. The van der Waals surface area contributed by atoms with Gasteiger partial charge < -0.3 is 9.47 Å². The third kappa shape index (κ3) is 6.83. The fourth-order valence-electron chi connectivity index (χ4n) is 3.07. The summed E-state index contributed by atoms with van der Waals surface area (Å²) in [4.78, 5) is 2.51. The van der Waals surface area contributed by atoms with Gasteiger partial charge in [0, 0.05) is 0 Å². The number of aryl methyl sites for hydroxylation is 1. The van der Waals surface area contributed by atoms with E-state index >= 15 is 0 Å². The second kappa shape index (κ2) is 11.3. The van der Waals surface area contributed by atoms with Gasteiger partial charge in [-0.25, -0.2) is 0 Å². The summed E-state index contributed by atoms with van der Waals surface area (Å²) in [6.07, 6.45) is 0. The first-order chi connectivity index (χ1) is 16.3. The average molecular weight is 478 g/mol. The minimum absolute atomic E-state index is 0.00620. The Morgan fingerprint density at radius 1 is 0.912 bits per heavy atom. The number of nitrogens with zero attached hydrogens (tertiary/aromatic N) is 2. The number of rotatable bonds is 10. The van der Waals surface area contributed by atoms with Gasteiger partial charge >= 0.3 is 0 Å². The first kappa shape index (κ1) is 24.8. The number of sulfonamides is 1. The highest BCUT2D eigenvalue weighted by Crippen LogP contribution is 2.17. The van der Waals surface area contributed by atoms with Crippen LogP contribution < -0.4 is 14.3 Å². The van der Waals surface area contributed by atoms with Crippen LogP contribution in [0.3, 0.4) is 0 Å². The van der Waals surface area contributed by atoms with Gasteiger partial charge in [0.15, 0.2) is 0 Å². The molecule has 0 saturated carbocycles. The van der Waals surface area contributed by atoms with Crippen molar-refractivity contribution >= 4 is 15.7 Å². The van der Waals surface area contributed by atoms with E-state index in [1.807, 2.05) is 45.0 Å². The van der Waals surface area contributed by atoms with Crippen molar-refractivity contribution in [3.05, 3.63) is 89.5 Å². The maximum Gasteiger partial charge on any atom is 0.276 e. The Morgan fingerprint density at radius 3 is 1.94 bits per heavy atom. The van der Waals surface area contributed by atoms with Crippen LogP contribution in [0.4, 0.5) is 0 Å². The van der Waals surface area contributed by atoms with Crippen molar-refractivity contribution in [2.24, 2.45) is 11.0 Å². The lowest BCUT2D eigenvalue weighted by Gasteiger charge is -2.13. The number of benzene rings is 3. The van der Waals surface area contributed by atoms with Crippen LogP contribution in [0.15, 0.2) is 82.8 Å². The molecule has 3 aromatic rings. The third-order valence-electron chi connectivity index (χ3n) is 4.92. The van der Waals surface area contributed by atoms with Gasteiger partial charge in [-0.2, -0.15) is 23.6 Å². The maximum atomic E-state index is 12.6. The van der Waals surface area contributed by atoms with E-state index in [0.717, 1.165) is 11.1 Å². The summed E-state index contributed by atoms with van der Waals surface area (Å²) in [6.45, 7) is 6.50. The van der Waals surface area contributed by atoms with Gasteiger partial charge in [-0.3, -0.25) is 0 Å². The molecular weight excluding hydrogens is 450 g/mol. The quantitative estimate of drug-likeness (QED) is 0.260. The molecule has 0 aliphatic rings. The minimum Gasteiger partial charge on any atom is -0.490 e.